The van der Waals surface area contributed by atoms with Crippen molar-refractivity contribution in [3.8, 4) is 0 Å². The van der Waals surface area contributed by atoms with Crippen LogP contribution in [0.5, 0.6) is 0 Å². The Bertz CT molecular complexity index is 236. The minimum absolute atomic E-state index is 0.322. The van der Waals surface area contributed by atoms with Crippen molar-refractivity contribution in [2.75, 3.05) is 11.5 Å². The van der Waals surface area contributed by atoms with E-state index >= 15 is 0 Å². The molecule has 0 saturated heterocycles. The van der Waals surface area contributed by atoms with Crippen molar-refractivity contribution in [3.05, 3.63) is 12.5 Å². The molecule has 0 aliphatic rings. The second kappa shape index (κ2) is 5.71. The molecule has 0 aromatic carbocycles. The third kappa shape index (κ3) is 2.95. The SMILES string of the molecule is CCC(CC)(CS)CSc1ncco1. The zero-order valence-corrected chi connectivity index (χ0v) is 10.4. The van der Waals surface area contributed by atoms with Gasteiger partial charge in [0, 0.05) is 5.75 Å². The van der Waals surface area contributed by atoms with Gasteiger partial charge in [-0.2, -0.15) is 12.6 Å². The summed E-state index contributed by atoms with van der Waals surface area (Å²) in [5.74, 6) is 1.96. The fourth-order valence-electron chi connectivity index (χ4n) is 1.22. The summed E-state index contributed by atoms with van der Waals surface area (Å²) in [4.78, 5) is 4.09. The first-order valence-corrected chi connectivity index (χ1v) is 6.51. The van der Waals surface area contributed by atoms with Crippen LogP contribution in [0.15, 0.2) is 22.1 Å². The summed E-state index contributed by atoms with van der Waals surface area (Å²) >= 11 is 6.11. The lowest BCUT2D eigenvalue weighted by Gasteiger charge is -2.28. The quantitative estimate of drug-likeness (QED) is 0.599. The largest absolute Gasteiger partial charge is 0.440 e. The summed E-state index contributed by atoms with van der Waals surface area (Å²) in [6.07, 6.45) is 5.60. The molecule has 0 spiro atoms. The van der Waals surface area contributed by atoms with Crippen LogP contribution in [-0.2, 0) is 0 Å². The molecule has 0 fully saturated rings. The molecule has 0 unspecified atom stereocenters. The van der Waals surface area contributed by atoms with Gasteiger partial charge in [0.2, 0.25) is 0 Å². The predicted molar refractivity (Wildman–Crippen MR) is 64.1 cm³/mol. The van der Waals surface area contributed by atoms with Gasteiger partial charge in [-0.1, -0.05) is 25.6 Å². The summed E-state index contributed by atoms with van der Waals surface area (Å²) < 4.78 is 5.19. The van der Waals surface area contributed by atoms with Gasteiger partial charge < -0.3 is 4.42 Å². The molecule has 4 heteroatoms. The summed E-state index contributed by atoms with van der Waals surface area (Å²) in [5, 5.41) is 0.762. The molecular weight excluding hydrogens is 214 g/mol. The number of rotatable bonds is 6. The van der Waals surface area contributed by atoms with Crippen LogP contribution >= 0.6 is 24.4 Å². The molecule has 0 radical (unpaired) electrons. The van der Waals surface area contributed by atoms with Gasteiger partial charge in [0.1, 0.15) is 6.26 Å². The molecule has 14 heavy (non-hydrogen) atoms. The van der Waals surface area contributed by atoms with Crippen LogP contribution in [0.25, 0.3) is 0 Å². The molecule has 0 N–H and O–H groups in total. The molecule has 2 nitrogen and oxygen atoms in total. The lowest BCUT2D eigenvalue weighted by Crippen LogP contribution is -2.24. The zero-order chi connectivity index (χ0) is 10.4. The van der Waals surface area contributed by atoms with E-state index in [1.165, 1.54) is 0 Å². The van der Waals surface area contributed by atoms with E-state index < -0.39 is 0 Å². The average molecular weight is 231 g/mol. The molecule has 1 heterocycles. The lowest BCUT2D eigenvalue weighted by molar-refractivity contribution is 0.355. The lowest BCUT2D eigenvalue weighted by atomic mass is 9.87. The van der Waals surface area contributed by atoms with Crippen molar-refractivity contribution < 1.29 is 4.42 Å². The van der Waals surface area contributed by atoms with E-state index in [0.717, 1.165) is 29.6 Å². The predicted octanol–water partition coefficient (Wildman–Crippen LogP) is 3.50. The summed E-state index contributed by atoms with van der Waals surface area (Å²) in [5.41, 5.74) is 0.322. The molecule has 0 amide bonds. The number of thioether (sulfide) groups is 1. The Morgan fingerprint density at radius 1 is 1.50 bits per heavy atom. The maximum atomic E-state index is 5.19. The second-order valence-corrected chi connectivity index (χ2v) is 4.69. The molecule has 1 aromatic rings. The Balaban J connectivity index is 2.48. The second-order valence-electron chi connectivity index (χ2n) is 3.45. The van der Waals surface area contributed by atoms with Gasteiger partial charge in [0.15, 0.2) is 0 Å². The normalized spacial score (nSPS) is 11.9. The minimum atomic E-state index is 0.322. The molecule has 1 rings (SSSR count). The third-order valence-corrected chi connectivity index (χ3v) is 4.62. The van der Waals surface area contributed by atoms with Gasteiger partial charge in [-0.25, -0.2) is 4.98 Å². The van der Waals surface area contributed by atoms with Crippen molar-refractivity contribution in [2.45, 2.75) is 31.9 Å². The molecule has 80 valence electrons. The molecule has 0 aliphatic heterocycles. The standard InChI is InChI=1S/C10H17NOS2/c1-3-10(4-2,7-13)8-14-9-11-5-6-12-9/h5-6,13H,3-4,7-8H2,1-2H3. The number of nitrogens with zero attached hydrogens (tertiary/aromatic N) is 1. The van der Waals surface area contributed by atoms with Crippen molar-refractivity contribution in [2.24, 2.45) is 5.41 Å². The Morgan fingerprint density at radius 2 is 2.21 bits per heavy atom. The van der Waals surface area contributed by atoms with Gasteiger partial charge in [0.25, 0.3) is 5.22 Å². The molecule has 0 atom stereocenters. The first-order chi connectivity index (χ1) is 6.76. The Labute approximate surface area is 95.3 Å². The van der Waals surface area contributed by atoms with E-state index in [0.29, 0.717) is 5.41 Å². The number of oxazole rings is 1. The monoisotopic (exact) mass is 231 g/mol. The highest BCUT2D eigenvalue weighted by Gasteiger charge is 2.25. The van der Waals surface area contributed by atoms with Gasteiger partial charge >= 0.3 is 0 Å². The molecule has 0 aliphatic carbocycles. The van der Waals surface area contributed by atoms with Crippen LogP contribution < -0.4 is 0 Å². The highest BCUT2D eigenvalue weighted by molar-refractivity contribution is 7.99. The van der Waals surface area contributed by atoms with Crippen LogP contribution in [0, 0.1) is 5.41 Å². The number of aromatic nitrogens is 1. The fourth-order valence-corrected chi connectivity index (χ4v) is 3.13. The first kappa shape index (κ1) is 12.0. The van der Waals surface area contributed by atoms with Crippen LogP contribution in [0.3, 0.4) is 0 Å². The first-order valence-electron chi connectivity index (χ1n) is 4.89. The Kier molecular flexibility index (Phi) is 4.89. The van der Waals surface area contributed by atoms with Crippen molar-refractivity contribution >= 4 is 24.4 Å². The van der Waals surface area contributed by atoms with Crippen molar-refractivity contribution in [3.63, 3.8) is 0 Å². The van der Waals surface area contributed by atoms with E-state index in [-0.39, 0.29) is 0 Å². The molecule has 1 aromatic heterocycles. The maximum Gasteiger partial charge on any atom is 0.255 e. The average Bonchev–Trinajstić information content (AvgIpc) is 2.74. The third-order valence-electron chi connectivity index (χ3n) is 2.75. The number of thiol groups is 1. The van der Waals surface area contributed by atoms with E-state index in [4.69, 9.17) is 4.42 Å². The fraction of sp³-hybridized carbons (Fsp3) is 0.700. The van der Waals surface area contributed by atoms with Gasteiger partial charge in [-0.3, -0.25) is 0 Å². The molecular formula is C10H17NOS2. The Hall–Kier alpha value is -0.0900. The van der Waals surface area contributed by atoms with Crippen LogP contribution in [0.4, 0.5) is 0 Å². The van der Waals surface area contributed by atoms with E-state index in [1.54, 1.807) is 24.2 Å². The van der Waals surface area contributed by atoms with Crippen LogP contribution in [0.2, 0.25) is 0 Å². The van der Waals surface area contributed by atoms with Gasteiger partial charge in [-0.15, -0.1) is 0 Å². The van der Waals surface area contributed by atoms with Crippen molar-refractivity contribution in [1.29, 1.82) is 0 Å². The smallest absolute Gasteiger partial charge is 0.255 e. The highest BCUT2D eigenvalue weighted by Crippen LogP contribution is 2.34. The van der Waals surface area contributed by atoms with Gasteiger partial charge in [0.05, 0.1) is 6.20 Å². The highest BCUT2D eigenvalue weighted by atomic mass is 32.2. The van der Waals surface area contributed by atoms with E-state index in [9.17, 15) is 0 Å². The van der Waals surface area contributed by atoms with E-state index in [2.05, 4.69) is 31.5 Å². The van der Waals surface area contributed by atoms with Gasteiger partial charge in [-0.05, 0) is 24.0 Å². The zero-order valence-electron chi connectivity index (χ0n) is 8.69. The van der Waals surface area contributed by atoms with E-state index in [1.807, 2.05) is 0 Å². The van der Waals surface area contributed by atoms with Crippen LogP contribution in [0.1, 0.15) is 26.7 Å². The van der Waals surface area contributed by atoms with Crippen LogP contribution in [-0.4, -0.2) is 16.5 Å². The molecule has 0 saturated carbocycles. The summed E-state index contributed by atoms with van der Waals surface area (Å²) in [7, 11) is 0. The van der Waals surface area contributed by atoms with Crippen molar-refractivity contribution in [1.82, 2.24) is 4.98 Å². The topological polar surface area (TPSA) is 26.0 Å². The summed E-state index contributed by atoms with van der Waals surface area (Å²) in [6, 6.07) is 0. The maximum absolute atomic E-state index is 5.19. The number of hydrogen-bond donors (Lipinski definition) is 1. The summed E-state index contributed by atoms with van der Waals surface area (Å²) in [6.45, 7) is 4.44. The Morgan fingerprint density at radius 3 is 2.64 bits per heavy atom. The molecule has 0 bridgehead atoms. The number of hydrogen-bond acceptors (Lipinski definition) is 4. The minimum Gasteiger partial charge on any atom is -0.440 e.